The minimum atomic E-state index is -4.40. The summed E-state index contributed by atoms with van der Waals surface area (Å²) < 4.78 is 33.3. The van der Waals surface area contributed by atoms with Crippen molar-refractivity contribution in [2.45, 2.75) is 392 Å². The maximum Gasteiger partial charge on any atom is 0.472 e. The monoisotopic (exact) mass is 1270 g/mol. The Balaban J connectivity index is 3.80. The zero-order chi connectivity index (χ0) is 64.4. The summed E-state index contributed by atoms with van der Waals surface area (Å²) >= 11 is 0. The molecule has 0 saturated carbocycles. The Morgan fingerprint density at radius 3 is 0.921 bits per heavy atom. The zero-order valence-electron chi connectivity index (χ0n) is 58.7. The van der Waals surface area contributed by atoms with Crippen LogP contribution in [0.4, 0.5) is 0 Å². The Bertz CT molecular complexity index is 1690. The summed E-state index contributed by atoms with van der Waals surface area (Å²) in [5.74, 6) is -0.811. The second kappa shape index (κ2) is 74.5. The first-order valence-corrected chi connectivity index (χ1v) is 39.9. The van der Waals surface area contributed by atoms with E-state index >= 15 is 0 Å². The molecule has 0 aliphatic heterocycles. The second-order valence-electron chi connectivity index (χ2n) is 25.9. The number of allylic oxidation sites excluding steroid dienone is 12. The molecule has 0 saturated heterocycles. The van der Waals surface area contributed by atoms with Crippen molar-refractivity contribution in [2.75, 3.05) is 26.4 Å². The number of nitrogens with two attached hydrogens (primary N) is 1. The quantitative estimate of drug-likeness (QED) is 0.0264. The highest BCUT2D eigenvalue weighted by atomic mass is 31.2. The minimum absolute atomic E-state index is 0.0534. The van der Waals surface area contributed by atoms with Crippen LogP contribution in [0.3, 0.4) is 0 Å². The van der Waals surface area contributed by atoms with Crippen LogP contribution in [0.5, 0.6) is 0 Å². The molecule has 0 heterocycles. The number of ether oxygens (including phenoxy) is 2. The molecule has 9 nitrogen and oxygen atoms in total. The predicted octanol–water partition coefficient (Wildman–Crippen LogP) is 25.5. The zero-order valence-corrected chi connectivity index (χ0v) is 59.6. The van der Waals surface area contributed by atoms with Crippen molar-refractivity contribution >= 4 is 19.8 Å². The van der Waals surface area contributed by atoms with E-state index in [1.54, 1.807) is 0 Å². The van der Waals surface area contributed by atoms with E-state index < -0.39 is 26.5 Å². The fourth-order valence-corrected chi connectivity index (χ4v) is 12.2. The van der Waals surface area contributed by atoms with Gasteiger partial charge in [-0.1, -0.05) is 382 Å². The molecule has 3 N–H and O–H groups in total. The average molecular weight is 1270 g/mol. The first kappa shape index (κ1) is 86.5. The molecule has 2 unspecified atom stereocenters. The number of phosphoric acid groups is 1. The number of esters is 2. The number of rotatable bonds is 73. The predicted molar refractivity (Wildman–Crippen MR) is 386 cm³/mol. The fraction of sp³-hybridized carbons (Fsp3) is 0.823. The Labute approximate surface area is 552 Å². The van der Waals surface area contributed by atoms with Crippen LogP contribution in [0.1, 0.15) is 386 Å². The number of unbranched alkanes of at least 4 members (excludes halogenated alkanes) is 48. The van der Waals surface area contributed by atoms with E-state index in [0.717, 1.165) is 77.0 Å². The molecule has 0 aliphatic carbocycles. The van der Waals surface area contributed by atoms with Crippen LogP contribution in [-0.2, 0) is 32.7 Å². The molecule has 0 bridgehead atoms. The highest BCUT2D eigenvalue weighted by Crippen LogP contribution is 2.43. The average Bonchev–Trinajstić information content (AvgIpc) is 3.58. The van der Waals surface area contributed by atoms with Gasteiger partial charge in [-0.3, -0.25) is 18.6 Å². The molecule has 0 aromatic carbocycles. The molecule has 0 aliphatic rings. The van der Waals surface area contributed by atoms with Gasteiger partial charge < -0.3 is 20.1 Å². The van der Waals surface area contributed by atoms with Gasteiger partial charge in [-0.05, 0) is 64.2 Å². The van der Waals surface area contributed by atoms with E-state index in [1.165, 1.54) is 276 Å². The molecule has 89 heavy (non-hydrogen) atoms. The van der Waals surface area contributed by atoms with Gasteiger partial charge in [0.05, 0.1) is 13.2 Å². The van der Waals surface area contributed by atoms with Gasteiger partial charge in [0.25, 0.3) is 0 Å². The summed E-state index contributed by atoms with van der Waals surface area (Å²) in [5, 5.41) is 0. The summed E-state index contributed by atoms with van der Waals surface area (Å²) in [6, 6.07) is 0. The molecule has 2 atom stereocenters. The molecule has 0 aromatic rings. The normalized spacial score (nSPS) is 13.3. The Kier molecular flexibility index (Phi) is 72.4. The number of carbonyl (C=O) groups is 2. The van der Waals surface area contributed by atoms with Crippen LogP contribution in [-0.4, -0.2) is 49.3 Å². The van der Waals surface area contributed by atoms with E-state index in [0.29, 0.717) is 6.42 Å². The third-order valence-corrected chi connectivity index (χ3v) is 18.1. The Hall–Kier alpha value is -2.55. The van der Waals surface area contributed by atoms with Gasteiger partial charge in [-0.2, -0.15) is 0 Å². The number of phosphoric ester groups is 1. The third-order valence-electron chi connectivity index (χ3n) is 17.1. The summed E-state index contributed by atoms with van der Waals surface area (Å²) in [6.07, 6.45) is 98.9. The lowest BCUT2D eigenvalue weighted by Gasteiger charge is -2.19. The van der Waals surface area contributed by atoms with Crippen LogP contribution in [0.15, 0.2) is 72.9 Å². The lowest BCUT2D eigenvalue weighted by atomic mass is 10.0. The van der Waals surface area contributed by atoms with Crippen molar-refractivity contribution in [1.29, 1.82) is 0 Å². The topological polar surface area (TPSA) is 134 Å². The summed E-state index contributed by atoms with van der Waals surface area (Å²) in [6.45, 7) is 3.70. The lowest BCUT2D eigenvalue weighted by Crippen LogP contribution is -2.29. The summed E-state index contributed by atoms with van der Waals surface area (Å²) in [4.78, 5) is 35.4. The molecular formula is C79H146NO8P. The van der Waals surface area contributed by atoms with Crippen molar-refractivity contribution in [3.05, 3.63) is 72.9 Å². The molecule has 10 heteroatoms. The SMILES string of the molecule is CC/C=C\C/C=C\C/C=C\C/C=C\C/C=C\C/C=C\CCCCCCCCCCCCCCCCC(=O)OC(COC(=O)CCCCCCCCCCCCCCCCCCCCCCCCCCCCCCCCCCCCC)COP(=O)(O)OCCN. The van der Waals surface area contributed by atoms with Crippen LogP contribution < -0.4 is 5.73 Å². The Morgan fingerprint density at radius 1 is 0.348 bits per heavy atom. The van der Waals surface area contributed by atoms with E-state index in [1.807, 2.05) is 0 Å². The van der Waals surface area contributed by atoms with Gasteiger partial charge in [0, 0.05) is 19.4 Å². The van der Waals surface area contributed by atoms with Gasteiger partial charge in [0.1, 0.15) is 6.61 Å². The molecule has 0 rings (SSSR count). The highest BCUT2D eigenvalue weighted by Gasteiger charge is 2.26. The second-order valence-corrected chi connectivity index (χ2v) is 27.3. The van der Waals surface area contributed by atoms with Crippen LogP contribution >= 0.6 is 7.82 Å². The Morgan fingerprint density at radius 2 is 0.618 bits per heavy atom. The lowest BCUT2D eigenvalue weighted by molar-refractivity contribution is -0.161. The van der Waals surface area contributed by atoms with Crippen molar-refractivity contribution in [3.8, 4) is 0 Å². The van der Waals surface area contributed by atoms with E-state index in [2.05, 4.69) is 86.8 Å². The molecule has 0 aromatic heterocycles. The number of hydrogen-bond acceptors (Lipinski definition) is 8. The van der Waals surface area contributed by atoms with Crippen molar-refractivity contribution in [2.24, 2.45) is 5.73 Å². The van der Waals surface area contributed by atoms with Gasteiger partial charge in [-0.25, -0.2) is 4.57 Å². The van der Waals surface area contributed by atoms with Gasteiger partial charge in [-0.15, -0.1) is 0 Å². The molecule has 0 fully saturated rings. The van der Waals surface area contributed by atoms with Gasteiger partial charge in [0.2, 0.25) is 0 Å². The first-order chi connectivity index (χ1) is 43.8. The maximum atomic E-state index is 12.8. The fourth-order valence-electron chi connectivity index (χ4n) is 11.5. The minimum Gasteiger partial charge on any atom is -0.462 e. The third kappa shape index (κ3) is 74.4. The molecule has 0 amide bonds. The standard InChI is InChI=1S/C79H146NO8P/c1-3-5-7-9-11-13-15-17-19-21-23-25-27-29-31-33-35-37-38-40-41-43-45-47-49-51-53-55-57-59-61-63-65-67-69-71-78(81)85-75-77(76-87-89(83,84)86-74-73-80)88-79(82)72-70-68-66-64-62-60-58-56-54-52-50-48-46-44-42-39-36-34-32-30-28-26-24-22-20-18-16-14-12-10-8-6-4-2/h6,8,12,14,18,20,24,26,30,32,36,39,77H,3-5,7,9-11,13,15-17,19,21-23,25,27-29,31,33-35,37-38,40-76,80H2,1-2H3,(H,83,84)/b8-6-,14-12-,20-18-,26-24-,32-30-,39-36-. The molecule has 0 spiro atoms. The van der Waals surface area contributed by atoms with Crippen molar-refractivity contribution in [3.63, 3.8) is 0 Å². The van der Waals surface area contributed by atoms with Gasteiger partial charge >= 0.3 is 19.8 Å². The molecule has 520 valence electrons. The van der Waals surface area contributed by atoms with Crippen LogP contribution in [0.25, 0.3) is 0 Å². The number of hydrogen-bond donors (Lipinski definition) is 2. The molecular weight excluding hydrogens is 1120 g/mol. The summed E-state index contributed by atoms with van der Waals surface area (Å²) in [5.41, 5.74) is 5.41. The van der Waals surface area contributed by atoms with Gasteiger partial charge in [0.15, 0.2) is 6.10 Å². The smallest absolute Gasteiger partial charge is 0.462 e. The van der Waals surface area contributed by atoms with Crippen molar-refractivity contribution in [1.82, 2.24) is 0 Å². The first-order valence-electron chi connectivity index (χ1n) is 38.4. The van der Waals surface area contributed by atoms with Crippen molar-refractivity contribution < 1.29 is 37.6 Å². The number of carbonyl (C=O) groups excluding carboxylic acids is 2. The highest BCUT2D eigenvalue weighted by molar-refractivity contribution is 7.47. The van der Waals surface area contributed by atoms with Crippen LogP contribution in [0.2, 0.25) is 0 Å². The van der Waals surface area contributed by atoms with E-state index in [-0.39, 0.29) is 38.6 Å². The van der Waals surface area contributed by atoms with Crippen LogP contribution in [0, 0.1) is 0 Å². The summed E-state index contributed by atoms with van der Waals surface area (Å²) in [7, 11) is -4.40. The maximum absolute atomic E-state index is 12.8. The molecule has 0 radical (unpaired) electrons. The van der Waals surface area contributed by atoms with E-state index in [4.69, 9.17) is 24.3 Å². The largest absolute Gasteiger partial charge is 0.472 e. The van der Waals surface area contributed by atoms with E-state index in [9.17, 15) is 19.0 Å².